The van der Waals surface area contributed by atoms with Crippen molar-refractivity contribution in [3.05, 3.63) is 52.2 Å². The third-order valence-corrected chi connectivity index (χ3v) is 4.78. The van der Waals surface area contributed by atoms with Crippen molar-refractivity contribution in [1.29, 1.82) is 0 Å². The van der Waals surface area contributed by atoms with E-state index in [0.717, 1.165) is 31.9 Å². The quantitative estimate of drug-likeness (QED) is 0.863. The molecular weight excluding hydrogens is 296 g/mol. The highest BCUT2D eigenvalue weighted by Crippen LogP contribution is 2.26. The third kappa shape index (κ3) is 3.74. The number of phenols is 1. The van der Waals surface area contributed by atoms with Crippen LogP contribution in [0.4, 0.5) is 0 Å². The molecule has 4 nitrogen and oxygen atoms in total. The van der Waals surface area contributed by atoms with Gasteiger partial charge in [0.15, 0.2) is 0 Å². The van der Waals surface area contributed by atoms with Crippen LogP contribution in [0.15, 0.2) is 46.8 Å². The Hall–Kier alpha value is -1.69. The van der Waals surface area contributed by atoms with Crippen molar-refractivity contribution in [2.24, 2.45) is 4.99 Å². The van der Waals surface area contributed by atoms with Crippen molar-refractivity contribution in [3.8, 4) is 5.75 Å². The van der Waals surface area contributed by atoms with Crippen LogP contribution in [-0.4, -0.2) is 49.1 Å². The Bertz CT molecular complexity index is 607. The Morgan fingerprint density at radius 3 is 2.77 bits per heavy atom. The summed E-state index contributed by atoms with van der Waals surface area (Å²) in [5.41, 5.74) is 0.759. The summed E-state index contributed by atoms with van der Waals surface area (Å²) in [4.78, 5) is 8.33. The van der Waals surface area contributed by atoms with Gasteiger partial charge in [-0.05, 0) is 23.6 Å². The summed E-state index contributed by atoms with van der Waals surface area (Å²) < 4.78 is 5.45. The molecule has 0 bridgehead atoms. The average Bonchev–Trinajstić information content (AvgIpc) is 3.08. The number of aliphatic imine (C=N–C) groups is 1. The van der Waals surface area contributed by atoms with Gasteiger partial charge in [-0.3, -0.25) is 9.89 Å². The molecule has 1 fully saturated rings. The minimum Gasteiger partial charge on any atom is -0.507 e. The van der Waals surface area contributed by atoms with E-state index in [1.54, 1.807) is 23.6 Å². The van der Waals surface area contributed by atoms with E-state index in [1.807, 2.05) is 18.2 Å². The monoisotopic (exact) mass is 316 g/mol. The Kier molecular flexibility index (Phi) is 5.21. The van der Waals surface area contributed by atoms with Gasteiger partial charge in [0.25, 0.3) is 0 Å². The third-order valence-electron chi connectivity index (χ3n) is 3.80. The highest BCUT2D eigenvalue weighted by molar-refractivity contribution is 7.10. The number of hydrogen-bond acceptors (Lipinski definition) is 5. The first-order chi connectivity index (χ1) is 10.8. The summed E-state index contributed by atoms with van der Waals surface area (Å²) in [6.45, 7) is 4.13. The van der Waals surface area contributed by atoms with Gasteiger partial charge in [0, 0.05) is 29.7 Å². The van der Waals surface area contributed by atoms with Crippen LogP contribution < -0.4 is 0 Å². The average molecular weight is 316 g/mol. The van der Waals surface area contributed by atoms with Crippen LogP contribution in [0.3, 0.4) is 0 Å². The summed E-state index contributed by atoms with van der Waals surface area (Å²) in [6, 6.07) is 11.8. The zero-order valence-electron chi connectivity index (χ0n) is 12.4. The van der Waals surface area contributed by atoms with E-state index in [1.165, 1.54) is 4.88 Å². The normalized spacial score (nSPS) is 17.8. The van der Waals surface area contributed by atoms with E-state index in [9.17, 15) is 5.11 Å². The first-order valence-electron chi connectivity index (χ1n) is 7.47. The van der Waals surface area contributed by atoms with Gasteiger partial charge in [-0.15, -0.1) is 11.3 Å². The molecule has 1 atom stereocenters. The molecule has 0 amide bonds. The van der Waals surface area contributed by atoms with Gasteiger partial charge in [-0.1, -0.05) is 18.2 Å². The Balaban J connectivity index is 1.71. The van der Waals surface area contributed by atoms with Gasteiger partial charge in [0.05, 0.1) is 25.8 Å². The Morgan fingerprint density at radius 2 is 2.05 bits per heavy atom. The summed E-state index contributed by atoms with van der Waals surface area (Å²) in [7, 11) is 0. The summed E-state index contributed by atoms with van der Waals surface area (Å²) in [5, 5.41) is 11.9. The number of benzene rings is 1. The van der Waals surface area contributed by atoms with Gasteiger partial charge < -0.3 is 9.84 Å². The van der Waals surface area contributed by atoms with Gasteiger partial charge in [-0.2, -0.15) is 0 Å². The highest BCUT2D eigenvalue weighted by Gasteiger charge is 2.22. The lowest BCUT2D eigenvalue weighted by atomic mass is 10.2. The number of morpholine rings is 1. The molecule has 0 spiro atoms. The molecule has 5 heteroatoms. The smallest absolute Gasteiger partial charge is 0.124 e. The number of nitrogens with zero attached hydrogens (tertiary/aromatic N) is 2. The number of ether oxygens (including phenoxy) is 1. The lowest BCUT2D eigenvalue weighted by Crippen LogP contribution is -2.39. The largest absolute Gasteiger partial charge is 0.507 e. The number of phenolic OH excluding ortho intramolecular Hbond substituents is 1. The predicted octanol–water partition coefficient (Wildman–Crippen LogP) is 2.95. The number of rotatable bonds is 5. The highest BCUT2D eigenvalue weighted by atomic mass is 32.1. The minimum atomic E-state index is 0.269. The number of aromatic hydroxyl groups is 1. The molecule has 1 aromatic heterocycles. The second kappa shape index (κ2) is 7.54. The van der Waals surface area contributed by atoms with Crippen LogP contribution >= 0.6 is 11.3 Å². The molecule has 0 saturated carbocycles. The topological polar surface area (TPSA) is 45.1 Å². The fourth-order valence-corrected chi connectivity index (χ4v) is 3.46. The molecule has 116 valence electrons. The zero-order valence-corrected chi connectivity index (χ0v) is 13.2. The van der Waals surface area contributed by atoms with Crippen LogP contribution in [0, 0.1) is 0 Å². The minimum absolute atomic E-state index is 0.269. The van der Waals surface area contributed by atoms with Gasteiger partial charge in [0.1, 0.15) is 5.75 Å². The molecule has 0 unspecified atom stereocenters. The molecule has 2 aromatic rings. The molecular formula is C17H20N2O2S. The van der Waals surface area contributed by atoms with Crippen LogP contribution in [0.25, 0.3) is 0 Å². The lowest BCUT2D eigenvalue weighted by Gasteiger charge is -2.33. The number of para-hydroxylation sites is 1. The molecule has 1 aliphatic heterocycles. The standard InChI is InChI=1S/C17H20N2O2S/c20-16-5-2-1-4-14(16)12-18-13-15(17-6-3-11-22-17)19-7-9-21-10-8-19/h1-6,11-12,15,20H,7-10,13H2/t15-/m0/s1. The van der Waals surface area contributed by atoms with Crippen molar-refractivity contribution >= 4 is 17.6 Å². The molecule has 22 heavy (non-hydrogen) atoms. The molecule has 2 heterocycles. The van der Waals surface area contributed by atoms with Gasteiger partial charge in [0.2, 0.25) is 0 Å². The number of thiophene rings is 1. The van der Waals surface area contributed by atoms with Crippen LogP contribution in [0.5, 0.6) is 5.75 Å². The van der Waals surface area contributed by atoms with Gasteiger partial charge in [-0.25, -0.2) is 0 Å². The SMILES string of the molecule is Oc1ccccc1C=NC[C@@H](c1cccs1)N1CCOCC1. The van der Waals surface area contributed by atoms with E-state index in [0.29, 0.717) is 6.54 Å². The summed E-state index contributed by atoms with van der Waals surface area (Å²) in [6.07, 6.45) is 1.76. The summed E-state index contributed by atoms with van der Waals surface area (Å²) >= 11 is 1.77. The zero-order chi connectivity index (χ0) is 15.2. The van der Waals surface area contributed by atoms with Crippen molar-refractivity contribution in [3.63, 3.8) is 0 Å². The summed E-state index contributed by atoms with van der Waals surface area (Å²) in [5.74, 6) is 0.269. The van der Waals surface area contributed by atoms with Crippen molar-refractivity contribution in [2.45, 2.75) is 6.04 Å². The molecule has 0 radical (unpaired) electrons. The Morgan fingerprint density at radius 1 is 1.23 bits per heavy atom. The maximum absolute atomic E-state index is 9.79. The predicted molar refractivity (Wildman–Crippen MR) is 90.0 cm³/mol. The fraction of sp³-hybridized carbons (Fsp3) is 0.353. The molecule has 1 saturated heterocycles. The molecule has 1 aliphatic rings. The van der Waals surface area contributed by atoms with E-state index in [-0.39, 0.29) is 11.8 Å². The van der Waals surface area contributed by atoms with Crippen molar-refractivity contribution in [2.75, 3.05) is 32.8 Å². The first kappa shape index (κ1) is 15.2. The lowest BCUT2D eigenvalue weighted by molar-refractivity contribution is 0.0187. The van der Waals surface area contributed by atoms with Gasteiger partial charge >= 0.3 is 0 Å². The Labute approximate surface area is 134 Å². The fourth-order valence-electron chi connectivity index (χ4n) is 2.60. The second-order valence-corrected chi connectivity index (χ2v) is 6.21. The maximum Gasteiger partial charge on any atom is 0.124 e. The van der Waals surface area contributed by atoms with Crippen LogP contribution in [-0.2, 0) is 4.74 Å². The maximum atomic E-state index is 9.79. The first-order valence-corrected chi connectivity index (χ1v) is 8.35. The van der Waals surface area contributed by atoms with E-state index in [2.05, 4.69) is 27.4 Å². The number of hydrogen-bond donors (Lipinski definition) is 1. The van der Waals surface area contributed by atoms with E-state index >= 15 is 0 Å². The molecule has 1 aromatic carbocycles. The second-order valence-electron chi connectivity index (χ2n) is 5.23. The molecule has 1 N–H and O–H groups in total. The van der Waals surface area contributed by atoms with Crippen molar-refractivity contribution < 1.29 is 9.84 Å². The van der Waals surface area contributed by atoms with E-state index < -0.39 is 0 Å². The van der Waals surface area contributed by atoms with E-state index in [4.69, 9.17) is 4.74 Å². The molecule has 0 aliphatic carbocycles. The molecule has 3 rings (SSSR count). The van der Waals surface area contributed by atoms with Crippen LogP contribution in [0.2, 0.25) is 0 Å². The van der Waals surface area contributed by atoms with Crippen molar-refractivity contribution in [1.82, 2.24) is 4.90 Å². The van der Waals surface area contributed by atoms with Crippen LogP contribution in [0.1, 0.15) is 16.5 Å².